The molecule has 4 rings (SSSR count). The van der Waals surface area contributed by atoms with E-state index in [0.717, 1.165) is 37.7 Å². The predicted molar refractivity (Wildman–Crippen MR) is 85.6 cm³/mol. The standard InChI is InChI=1S/C19H28O4/c1-10-11-3-4-15-18(2)9-12(20)7-13(17(22)23)14(18)5-6-19(15,8-11)16(10)21/h11-16,20-21H,1,3-9H2,2H3,(H,22,23)/t11-,12-,13-,14?,15?,16+,18-,19-/m1/s1. The lowest BCUT2D eigenvalue weighted by Crippen LogP contribution is -2.59. The molecule has 2 unspecified atom stereocenters. The molecule has 1 spiro atoms. The largest absolute Gasteiger partial charge is 0.481 e. The third-order valence-electron chi connectivity index (χ3n) is 8.11. The van der Waals surface area contributed by atoms with Gasteiger partial charge in [0.1, 0.15) is 0 Å². The molecule has 0 radical (unpaired) electrons. The summed E-state index contributed by atoms with van der Waals surface area (Å²) in [6, 6.07) is 0. The van der Waals surface area contributed by atoms with Crippen molar-refractivity contribution in [3.63, 3.8) is 0 Å². The number of hydrogen-bond acceptors (Lipinski definition) is 3. The van der Waals surface area contributed by atoms with E-state index in [9.17, 15) is 20.1 Å². The predicted octanol–water partition coefficient (Wildman–Crippen LogP) is 2.59. The molecule has 0 aromatic heterocycles. The van der Waals surface area contributed by atoms with E-state index >= 15 is 0 Å². The van der Waals surface area contributed by atoms with Gasteiger partial charge in [-0.2, -0.15) is 0 Å². The third-order valence-corrected chi connectivity index (χ3v) is 8.11. The first kappa shape index (κ1) is 15.6. The van der Waals surface area contributed by atoms with Crippen LogP contribution in [0.1, 0.15) is 51.9 Å². The van der Waals surface area contributed by atoms with E-state index in [-0.39, 0.29) is 16.7 Å². The van der Waals surface area contributed by atoms with Gasteiger partial charge in [0.15, 0.2) is 0 Å². The summed E-state index contributed by atoms with van der Waals surface area (Å²) in [4.78, 5) is 11.8. The molecule has 4 aliphatic carbocycles. The summed E-state index contributed by atoms with van der Waals surface area (Å²) in [5, 5.41) is 30.9. The maximum absolute atomic E-state index is 11.8. The second kappa shape index (κ2) is 4.82. The van der Waals surface area contributed by atoms with E-state index in [0.29, 0.717) is 24.7 Å². The van der Waals surface area contributed by atoms with Crippen molar-refractivity contribution in [2.45, 2.75) is 64.1 Å². The fourth-order valence-electron chi connectivity index (χ4n) is 7.26. The molecule has 4 saturated carbocycles. The second-order valence-corrected chi connectivity index (χ2v) is 8.93. The zero-order valence-electron chi connectivity index (χ0n) is 13.9. The molecule has 0 aliphatic heterocycles. The van der Waals surface area contributed by atoms with Crippen molar-refractivity contribution in [3.8, 4) is 0 Å². The number of aliphatic hydroxyl groups excluding tert-OH is 2. The summed E-state index contributed by atoms with van der Waals surface area (Å²) in [7, 11) is 0. The van der Waals surface area contributed by atoms with Crippen LogP contribution in [0.15, 0.2) is 12.2 Å². The van der Waals surface area contributed by atoms with Crippen LogP contribution in [0.3, 0.4) is 0 Å². The molecular weight excluding hydrogens is 292 g/mol. The molecule has 0 aromatic rings. The lowest BCUT2D eigenvalue weighted by Gasteiger charge is -2.62. The Balaban J connectivity index is 1.76. The SMILES string of the molecule is C=C1[C@@H]2CCC3[C@]4(C)C[C@H](O)C[C@@H](C(=O)O)C4CC[C@]3(C2)[C@H]1O. The fraction of sp³-hybridized carbons (Fsp3) is 0.842. The first-order valence-electron chi connectivity index (χ1n) is 9.07. The zero-order valence-corrected chi connectivity index (χ0v) is 13.9. The number of rotatable bonds is 1. The van der Waals surface area contributed by atoms with E-state index < -0.39 is 24.1 Å². The van der Waals surface area contributed by atoms with Crippen molar-refractivity contribution in [1.82, 2.24) is 0 Å². The van der Waals surface area contributed by atoms with Crippen molar-refractivity contribution in [2.24, 2.45) is 34.5 Å². The Kier molecular flexibility index (Phi) is 3.28. The summed E-state index contributed by atoms with van der Waals surface area (Å²) in [6.07, 6.45) is 4.94. The van der Waals surface area contributed by atoms with Gasteiger partial charge in [-0.3, -0.25) is 4.79 Å². The Morgan fingerprint density at radius 1 is 1.22 bits per heavy atom. The minimum atomic E-state index is -0.763. The molecule has 3 N–H and O–H groups in total. The summed E-state index contributed by atoms with van der Waals surface area (Å²) in [5.41, 5.74) is 0.696. The Hall–Kier alpha value is -0.870. The minimum Gasteiger partial charge on any atom is -0.481 e. The average molecular weight is 320 g/mol. The number of aliphatic hydroxyl groups is 2. The van der Waals surface area contributed by atoms with Gasteiger partial charge in [0.2, 0.25) is 0 Å². The highest BCUT2D eigenvalue weighted by molar-refractivity contribution is 5.71. The van der Waals surface area contributed by atoms with Gasteiger partial charge in [-0.15, -0.1) is 0 Å². The Bertz CT molecular complexity index is 558. The molecule has 4 nitrogen and oxygen atoms in total. The normalized spacial score (nSPS) is 55.2. The number of carboxylic acid groups (broad SMARTS) is 1. The fourth-order valence-corrected chi connectivity index (χ4v) is 7.26. The Morgan fingerprint density at radius 2 is 1.96 bits per heavy atom. The van der Waals surface area contributed by atoms with Crippen LogP contribution < -0.4 is 0 Å². The average Bonchev–Trinajstić information content (AvgIpc) is 2.66. The number of aliphatic carboxylic acids is 1. The van der Waals surface area contributed by atoms with Crippen LogP contribution in [-0.2, 0) is 4.79 Å². The molecule has 2 bridgehead atoms. The molecule has 0 heterocycles. The topological polar surface area (TPSA) is 77.8 Å². The Labute approximate surface area is 137 Å². The second-order valence-electron chi connectivity index (χ2n) is 8.93. The third kappa shape index (κ3) is 1.88. The quantitative estimate of drug-likeness (QED) is 0.649. The van der Waals surface area contributed by atoms with Crippen LogP contribution in [0, 0.1) is 34.5 Å². The highest BCUT2D eigenvalue weighted by Crippen LogP contribution is 2.70. The van der Waals surface area contributed by atoms with E-state index in [2.05, 4.69) is 13.5 Å². The van der Waals surface area contributed by atoms with Gasteiger partial charge in [-0.25, -0.2) is 0 Å². The lowest BCUT2D eigenvalue weighted by molar-refractivity contribution is -0.184. The summed E-state index contributed by atoms with van der Waals surface area (Å²) in [6.45, 7) is 6.35. The monoisotopic (exact) mass is 320 g/mol. The van der Waals surface area contributed by atoms with E-state index in [1.54, 1.807) is 0 Å². The number of fused-ring (bicyclic) bond motifs is 3. The maximum atomic E-state index is 11.8. The van der Waals surface area contributed by atoms with E-state index in [1.807, 2.05) is 0 Å². The van der Waals surface area contributed by atoms with E-state index in [1.165, 1.54) is 0 Å². The molecule has 4 fully saturated rings. The van der Waals surface area contributed by atoms with Gasteiger partial charge in [0.25, 0.3) is 0 Å². The molecule has 0 saturated heterocycles. The summed E-state index contributed by atoms with van der Waals surface area (Å²) in [5.74, 6) is -0.348. The highest BCUT2D eigenvalue weighted by atomic mass is 16.4. The lowest BCUT2D eigenvalue weighted by atomic mass is 9.43. The van der Waals surface area contributed by atoms with Gasteiger partial charge in [-0.1, -0.05) is 13.5 Å². The van der Waals surface area contributed by atoms with Crippen LogP contribution in [0.25, 0.3) is 0 Å². The van der Waals surface area contributed by atoms with Crippen molar-refractivity contribution >= 4 is 5.97 Å². The van der Waals surface area contributed by atoms with Gasteiger partial charge in [0.05, 0.1) is 18.1 Å². The van der Waals surface area contributed by atoms with Crippen molar-refractivity contribution in [3.05, 3.63) is 12.2 Å². The Morgan fingerprint density at radius 3 is 2.65 bits per heavy atom. The van der Waals surface area contributed by atoms with Crippen molar-refractivity contribution < 1.29 is 20.1 Å². The summed E-state index contributed by atoms with van der Waals surface area (Å²) < 4.78 is 0. The molecule has 23 heavy (non-hydrogen) atoms. The zero-order chi connectivity index (χ0) is 16.6. The van der Waals surface area contributed by atoms with Gasteiger partial charge < -0.3 is 15.3 Å². The van der Waals surface area contributed by atoms with Crippen LogP contribution in [0.5, 0.6) is 0 Å². The van der Waals surface area contributed by atoms with E-state index in [4.69, 9.17) is 0 Å². The molecule has 4 heteroatoms. The molecule has 0 amide bonds. The van der Waals surface area contributed by atoms with Crippen LogP contribution in [0.2, 0.25) is 0 Å². The van der Waals surface area contributed by atoms with Crippen LogP contribution >= 0.6 is 0 Å². The highest BCUT2D eigenvalue weighted by Gasteiger charge is 2.66. The molecule has 0 aromatic carbocycles. The smallest absolute Gasteiger partial charge is 0.306 e. The molecule has 8 atom stereocenters. The minimum absolute atomic E-state index is 0.120. The first-order chi connectivity index (χ1) is 10.8. The van der Waals surface area contributed by atoms with Gasteiger partial charge in [0, 0.05) is 5.41 Å². The number of carboxylic acids is 1. The first-order valence-corrected chi connectivity index (χ1v) is 9.07. The van der Waals surface area contributed by atoms with Gasteiger partial charge >= 0.3 is 5.97 Å². The number of hydrogen-bond donors (Lipinski definition) is 3. The van der Waals surface area contributed by atoms with Crippen molar-refractivity contribution in [2.75, 3.05) is 0 Å². The molecule has 128 valence electrons. The molecular formula is C19H28O4. The van der Waals surface area contributed by atoms with Crippen molar-refractivity contribution in [1.29, 1.82) is 0 Å². The number of carbonyl (C=O) groups is 1. The molecule has 4 aliphatic rings. The summed E-state index contributed by atoms with van der Waals surface area (Å²) >= 11 is 0. The van der Waals surface area contributed by atoms with Crippen LogP contribution in [0.4, 0.5) is 0 Å². The van der Waals surface area contributed by atoms with Crippen LogP contribution in [-0.4, -0.2) is 33.5 Å². The maximum Gasteiger partial charge on any atom is 0.306 e. The van der Waals surface area contributed by atoms with Gasteiger partial charge in [-0.05, 0) is 73.7 Å².